The van der Waals surface area contributed by atoms with Crippen LogP contribution in [0.1, 0.15) is 23.4 Å². The molecular weight excluding hydrogens is 282 g/mol. The average Bonchev–Trinajstić information content (AvgIpc) is 2.73. The first-order chi connectivity index (χ1) is 7.83. The molecule has 0 radical (unpaired) electrons. The fourth-order valence-electron chi connectivity index (χ4n) is 1.72. The van der Waals surface area contributed by atoms with Crippen molar-refractivity contribution in [3.05, 3.63) is 56.7 Å². The molecule has 1 aromatic carbocycles. The Morgan fingerprint density at radius 1 is 1.25 bits per heavy atom. The van der Waals surface area contributed by atoms with Crippen molar-refractivity contribution in [3.63, 3.8) is 0 Å². The van der Waals surface area contributed by atoms with E-state index in [1.54, 1.807) is 11.3 Å². The molecule has 0 amide bonds. The number of thiophene rings is 1. The summed E-state index contributed by atoms with van der Waals surface area (Å²) in [5, 5.41) is 5.64. The molecule has 16 heavy (non-hydrogen) atoms. The molecule has 1 nitrogen and oxygen atoms in total. The van der Waals surface area contributed by atoms with Crippen LogP contribution in [0, 0.1) is 0 Å². The minimum Gasteiger partial charge on any atom is -0.306 e. The second-order valence-electron chi connectivity index (χ2n) is 3.53. The van der Waals surface area contributed by atoms with E-state index in [4.69, 9.17) is 0 Å². The van der Waals surface area contributed by atoms with Crippen LogP contribution < -0.4 is 5.32 Å². The van der Waals surface area contributed by atoms with Crippen LogP contribution in [0.2, 0.25) is 0 Å². The molecular formula is C13H14BrNS. The van der Waals surface area contributed by atoms with E-state index in [1.807, 2.05) is 0 Å². The number of rotatable bonds is 4. The fraction of sp³-hybridized carbons (Fsp3) is 0.231. The van der Waals surface area contributed by atoms with Crippen LogP contribution in [-0.2, 0) is 0 Å². The molecule has 1 aromatic heterocycles. The zero-order chi connectivity index (χ0) is 11.4. The first-order valence-corrected chi connectivity index (χ1v) is 7.01. The van der Waals surface area contributed by atoms with Gasteiger partial charge in [0.15, 0.2) is 0 Å². The third kappa shape index (κ3) is 2.54. The van der Waals surface area contributed by atoms with E-state index < -0.39 is 0 Å². The van der Waals surface area contributed by atoms with Crippen molar-refractivity contribution in [2.75, 3.05) is 6.54 Å². The van der Waals surface area contributed by atoms with E-state index in [-0.39, 0.29) is 0 Å². The predicted molar refractivity (Wildman–Crippen MR) is 74.0 cm³/mol. The molecule has 2 aromatic rings. The maximum Gasteiger partial charge on any atom is 0.0682 e. The highest BCUT2D eigenvalue weighted by atomic mass is 79.9. The van der Waals surface area contributed by atoms with Crippen LogP contribution in [0.5, 0.6) is 0 Å². The van der Waals surface area contributed by atoms with Gasteiger partial charge in [0.1, 0.15) is 0 Å². The Hall–Kier alpha value is -0.640. The van der Waals surface area contributed by atoms with E-state index in [9.17, 15) is 0 Å². The number of hydrogen-bond donors (Lipinski definition) is 1. The molecule has 0 bridgehead atoms. The molecule has 2 rings (SSSR count). The summed E-state index contributed by atoms with van der Waals surface area (Å²) in [6, 6.07) is 12.9. The van der Waals surface area contributed by atoms with Gasteiger partial charge in [-0.3, -0.25) is 0 Å². The van der Waals surface area contributed by atoms with Gasteiger partial charge in [-0.2, -0.15) is 0 Å². The Balaban J connectivity index is 2.35. The van der Waals surface area contributed by atoms with Crippen LogP contribution in [0.15, 0.2) is 46.3 Å². The van der Waals surface area contributed by atoms with E-state index in [0.717, 1.165) is 6.54 Å². The first kappa shape index (κ1) is 11.8. The zero-order valence-electron chi connectivity index (χ0n) is 9.11. The van der Waals surface area contributed by atoms with Gasteiger partial charge < -0.3 is 5.32 Å². The molecule has 84 valence electrons. The third-order valence-corrected chi connectivity index (χ3v) is 4.38. The summed E-state index contributed by atoms with van der Waals surface area (Å²) < 4.78 is 1.19. The monoisotopic (exact) mass is 295 g/mol. The lowest BCUT2D eigenvalue weighted by molar-refractivity contribution is 0.638. The Morgan fingerprint density at radius 2 is 2.00 bits per heavy atom. The predicted octanol–water partition coefficient (Wildman–Crippen LogP) is 4.21. The van der Waals surface area contributed by atoms with Crippen molar-refractivity contribution in [1.29, 1.82) is 0 Å². The summed E-state index contributed by atoms with van der Waals surface area (Å²) in [7, 11) is 0. The fourth-order valence-corrected chi connectivity index (χ4v) is 3.43. The van der Waals surface area contributed by atoms with Gasteiger partial charge in [0.05, 0.1) is 6.04 Å². The van der Waals surface area contributed by atoms with Gasteiger partial charge in [-0.1, -0.05) is 37.3 Å². The lowest BCUT2D eigenvalue weighted by Crippen LogP contribution is -2.21. The Kier molecular flexibility index (Phi) is 4.16. The molecule has 3 heteroatoms. The van der Waals surface area contributed by atoms with Crippen LogP contribution in [0.25, 0.3) is 0 Å². The van der Waals surface area contributed by atoms with Crippen molar-refractivity contribution in [1.82, 2.24) is 5.32 Å². The van der Waals surface area contributed by atoms with Crippen molar-refractivity contribution in [3.8, 4) is 0 Å². The summed E-state index contributed by atoms with van der Waals surface area (Å²) in [6.45, 7) is 3.10. The molecule has 1 unspecified atom stereocenters. The second kappa shape index (κ2) is 5.62. The van der Waals surface area contributed by atoms with E-state index in [1.165, 1.54) is 14.9 Å². The van der Waals surface area contributed by atoms with Gasteiger partial charge in [0.25, 0.3) is 0 Å². The highest BCUT2D eigenvalue weighted by Gasteiger charge is 2.16. The molecule has 0 aliphatic rings. The Bertz CT molecular complexity index is 438. The van der Waals surface area contributed by atoms with Crippen LogP contribution in [-0.4, -0.2) is 6.54 Å². The van der Waals surface area contributed by atoms with Gasteiger partial charge in [0, 0.05) is 9.35 Å². The van der Waals surface area contributed by atoms with Gasteiger partial charge >= 0.3 is 0 Å². The molecule has 0 saturated carbocycles. The van der Waals surface area contributed by atoms with Crippen LogP contribution >= 0.6 is 27.3 Å². The summed E-state index contributed by atoms with van der Waals surface area (Å²) in [5.41, 5.74) is 1.31. The normalized spacial score (nSPS) is 12.6. The number of hydrogen-bond acceptors (Lipinski definition) is 2. The Labute approximate surface area is 109 Å². The SMILES string of the molecule is CCNC(c1ccccc1)c1sccc1Br. The molecule has 1 heterocycles. The van der Waals surface area contributed by atoms with Gasteiger partial charge in [0.2, 0.25) is 0 Å². The largest absolute Gasteiger partial charge is 0.306 e. The summed E-state index contributed by atoms with van der Waals surface area (Å²) >= 11 is 5.39. The summed E-state index contributed by atoms with van der Waals surface area (Å²) in [4.78, 5) is 1.34. The van der Waals surface area contributed by atoms with Gasteiger partial charge in [-0.15, -0.1) is 11.3 Å². The van der Waals surface area contributed by atoms with Crippen molar-refractivity contribution in [2.24, 2.45) is 0 Å². The minimum absolute atomic E-state index is 0.292. The smallest absolute Gasteiger partial charge is 0.0682 e. The van der Waals surface area contributed by atoms with E-state index in [0.29, 0.717) is 6.04 Å². The van der Waals surface area contributed by atoms with E-state index in [2.05, 4.69) is 69.9 Å². The molecule has 0 fully saturated rings. The van der Waals surface area contributed by atoms with Crippen molar-refractivity contribution < 1.29 is 0 Å². The maximum absolute atomic E-state index is 3.60. The molecule has 1 atom stereocenters. The second-order valence-corrected chi connectivity index (χ2v) is 5.34. The van der Waals surface area contributed by atoms with Gasteiger partial charge in [-0.05, 0) is 39.5 Å². The number of nitrogens with one attached hydrogen (secondary N) is 1. The number of benzene rings is 1. The van der Waals surface area contributed by atoms with Crippen molar-refractivity contribution in [2.45, 2.75) is 13.0 Å². The zero-order valence-corrected chi connectivity index (χ0v) is 11.5. The molecule has 0 aliphatic carbocycles. The average molecular weight is 296 g/mol. The highest BCUT2D eigenvalue weighted by molar-refractivity contribution is 9.10. The third-order valence-electron chi connectivity index (χ3n) is 2.45. The summed E-state index contributed by atoms with van der Waals surface area (Å²) in [5.74, 6) is 0. The lowest BCUT2D eigenvalue weighted by Gasteiger charge is -2.17. The van der Waals surface area contributed by atoms with Crippen LogP contribution in [0.4, 0.5) is 0 Å². The van der Waals surface area contributed by atoms with Crippen LogP contribution in [0.3, 0.4) is 0 Å². The number of halogens is 1. The lowest BCUT2D eigenvalue weighted by atomic mass is 10.1. The topological polar surface area (TPSA) is 12.0 Å². The summed E-state index contributed by atoms with van der Waals surface area (Å²) in [6.07, 6.45) is 0. The minimum atomic E-state index is 0.292. The quantitative estimate of drug-likeness (QED) is 0.891. The molecule has 0 spiro atoms. The Morgan fingerprint density at radius 3 is 2.56 bits per heavy atom. The molecule has 1 N–H and O–H groups in total. The molecule has 0 saturated heterocycles. The first-order valence-electron chi connectivity index (χ1n) is 5.34. The van der Waals surface area contributed by atoms with Crippen molar-refractivity contribution >= 4 is 27.3 Å². The van der Waals surface area contributed by atoms with E-state index >= 15 is 0 Å². The standard InChI is InChI=1S/C13H14BrNS/c1-2-15-12(10-6-4-3-5-7-10)13-11(14)8-9-16-13/h3-9,12,15H,2H2,1H3. The highest BCUT2D eigenvalue weighted by Crippen LogP contribution is 2.32. The molecule has 0 aliphatic heterocycles. The van der Waals surface area contributed by atoms with Gasteiger partial charge in [-0.25, -0.2) is 0 Å². The maximum atomic E-state index is 3.60.